The zero-order valence-corrected chi connectivity index (χ0v) is 12.6. The molecule has 2 amide bonds. The second-order valence-electron chi connectivity index (χ2n) is 5.26. The summed E-state index contributed by atoms with van der Waals surface area (Å²) in [4.78, 5) is 14.3. The van der Waals surface area contributed by atoms with Crippen molar-refractivity contribution in [3.8, 4) is 0 Å². The number of aryl methyl sites for hydroxylation is 1. The van der Waals surface area contributed by atoms with E-state index in [1.54, 1.807) is 12.3 Å². The maximum Gasteiger partial charge on any atom is 0.322 e. The number of furan rings is 1. The molecule has 0 radical (unpaired) electrons. The van der Waals surface area contributed by atoms with Gasteiger partial charge in [0.15, 0.2) is 0 Å². The molecule has 2 aromatic rings. The average molecular weight is 305 g/mol. The van der Waals surface area contributed by atoms with Crippen LogP contribution in [-0.2, 0) is 0 Å². The Morgan fingerprint density at radius 3 is 3.05 bits per heavy atom. The molecule has 5 heteroatoms. The van der Waals surface area contributed by atoms with Crippen LogP contribution in [0.4, 0.5) is 10.5 Å². The molecule has 1 aliphatic rings. The number of carbonyl (C=O) groups excluding carboxylic acids is 1. The van der Waals surface area contributed by atoms with Crippen LogP contribution in [0.1, 0.15) is 30.2 Å². The summed E-state index contributed by atoms with van der Waals surface area (Å²) in [5.74, 6) is 0.838. The number of hydrogen-bond acceptors (Lipinski definition) is 2. The molecule has 1 aromatic carbocycles. The number of anilines is 1. The van der Waals surface area contributed by atoms with Gasteiger partial charge < -0.3 is 14.6 Å². The minimum absolute atomic E-state index is 0.0134. The number of urea groups is 1. The van der Waals surface area contributed by atoms with Gasteiger partial charge >= 0.3 is 6.03 Å². The van der Waals surface area contributed by atoms with Gasteiger partial charge in [-0.05, 0) is 49.6 Å². The summed E-state index contributed by atoms with van der Waals surface area (Å²) in [6.07, 6.45) is 3.55. The number of amides is 2. The molecule has 4 nitrogen and oxygen atoms in total. The lowest BCUT2D eigenvalue weighted by Gasteiger charge is -2.24. The molecule has 1 atom stereocenters. The number of halogens is 1. The fraction of sp³-hybridized carbons (Fsp3) is 0.312. The quantitative estimate of drug-likeness (QED) is 0.880. The molecule has 0 bridgehead atoms. The van der Waals surface area contributed by atoms with E-state index >= 15 is 0 Å². The summed E-state index contributed by atoms with van der Waals surface area (Å²) in [6.45, 7) is 2.68. The van der Waals surface area contributed by atoms with Crippen molar-refractivity contribution in [2.24, 2.45) is 0 Å². The Morgan fingerprint density at radius 2 is 2.29 bits per heavy atom. The molecule has 0 saturated carbocycles. The van der Waals surface area contributed by atoms with E-state index in [-0.39, 0.29) is 12.1 Å². The van der Waals surface area contributed by atoms with E-state index in [4.69, 9.17) is 16.0 Å². The molecule has 1 aromatic heterocycles. The van der Waals surface area contributed by atoms with Crippen molar-refractivity contribution in [1.29, 1.82) is 0 Å². The van der Waals surface area contributed by atoms with Crippen LogP contribution in [0.25, 0.3) is 0 Å². The zero-order chi connectivity index (χ0) is 14.8. The summed E-state index contributed by atoms with van der Waals surface area (Å²) in [5, 5.41) is 3.56. The molecule has 110 valence electrons. The molecule has 1 saturated heterocycles. The smallest absolute Gasteiger partial charge is 0.322 e. The van der Waals surface area contributed by atoms with E-state index in [2.05, 4.69) is 5.32 Å². The Kier molecular flexibility index (Phi) is 3.88. The molecule has 2 heterocycles. The maximum atomic E-state index is 12.5. The van der Waals surface area contributed by atoms with E-state index < -0.39 is 0 Å². The first-order valence-electron chi connectivity index (χ1n) is 7.02. The third kappa shape index (κ3) is 2.90. The monoisotopic (exact) mass is 304 g/mol. The van der Waals surface area contributed by atoms with Crippen LogP contribution in [-0.4, -0.2) is 17.5 Å². The van der Waals surface area contributed by atoms with Gasteiger partial charge in [0.05, 0.1) is 12.3 Å². The van der Waals surface area contributed by atoms with Gasteiger partial charge in [-0.2, -0.15) is 0 Å². The van der Waals surface area contributed by atoms with Gasteiger partial charge in [-0.15, -0.1) is 0 Å². The van der Waals surface area contributed by atoms with Crippen molar-refractivity contribution in [1.82, 2.24) is 4.90 Å². The predicted octanol–water partition coefficient (Wildman–Crippen LogP) is 4.61. The number of benzene rings is 1. The number of rotatable bonds is 2. The average Bonchev–Trinajstić information content (AvgIpc) is 3.12. The Hall–Kier alpha value is -1.94. The van der Waals surface area contributed by atoms with Gasteiger partial charge in [0.2, 0.25) is 0 Å². The van der Waals surface area contributed by atoms with E-state index in [9.17, 15) is 4.79 Å². The van der Waals surface area contributed by atoms with E-state index in [0.29, 0.717) is 5.02 Å². The van der Waals surface area contributed by atoms with Gasteiger partial charge in [0, 0.05) is 17.3 Å². The zero-order valence-electron chi connectivity index (χ0n) is 11.8. The fourth-order valence-electron chi connectivity index (χ4n) is 2.70. The van der Waals surface area contributed by atoms with E-state index in [1.807, 2.05) is 36.1 Å². The lowest BCUT2D eigenvalue weighted by molar-refractivity contribution is 0.200. The minimum atomic E-state index is -0.112. The second kappa shape index (κ2) is 5.82. The normalized spacial score (nSPS) is 18.0. The van der Waals surface area contributed by atoms with Gasteiger partial charge in [-0.1, -0.05) is 17.7 Å². The molecular formula is C16H17ClN2O2. The minimum Gasteiger partial charge on any atom is -0.467 e. The SMILES string of the molecule is Cc1ccc(Cl)cc1NC(=O)N1CCCC1c1ccco1. The predicted molar refractivity (Wildman–Crippen MR) is 82.6 cm³/mol. The van der Waals surface area contributed by atoms with E-state index in [1.165, 1.54) is 0 Å². The number of nitrogens with one attached hydrogen (secondary N) is 1. The topological polar surface area (TPSA) is 45.5 Å². The summed E-state index contributed by atoms with van der Waals surface area (Å²) in [6, 6.07) is 9.15. The van der Waals surface area contributed by atoms with Gasteiger partial charge in [0.25, 0.3) is 0 Å². The molecule has 1 unspecified atom stereocenters. The summed E-state index contributed by atoms with van der Waals surface area (Å²) >= 11 is 5.99. The van der Waals surface area contributed by atoms with E-state index in [0.717, 1.165) is 36.4 Å². The van der Waals surface area contributed by atoms with Crippen molar-refractivity contribution in [3.63, 3.8) is 0 Å². The molecule has 3 rings (SSSR count). The highest BCUT2D eigenvalue weighted by atomic mass is 35.5. The van der Waals surface area contributed by atoms with Crippen molar-refractivity contribution >= 4 is 23.3 Å². The largest absolute Gasteiger partial charge is 0.467 e. The van der Waals surface area contributed by atoms with Gasteiger partial charge in [-0.25, -0.2) is 4.79 Å². The van der Waals surface area contributed by atoms with Crippen molar-refractivity contribution in [3.05, 3.63) is 52.9 Å². The second-order valence-corrected chi connectivity index (χ2v) is 5.69. The molecular weight excluding hydrogens is 288 g/mol. The lowest BCUT2D eigenvalue weighted by Crippen LogP contribution is -2.34. The molecule has 1 fully saturated rings. The van der Waals surface area contributed by atoms with Gasteiger partial charge in [-0.3, -0.25) is 0 Å². The Balaban J connectivity index is 1.77. The van der Waals surface area contributed by atoms with Crippen LogP contribution >= 0.6 is 11.6 Å². The van der Waals surface area contributed by atoms with Crippen LogP contribution < -0.4 is 5.32 Å². The van der Waals surface area contributed by atoms with Crippen molar-refractivity contribution in [2.45, 2.75) is 25.8 Å². The summed E-state index contributed by atoms with van der Waals surface area (Å²) in [7, 11) is 0. The fourth-order valence-corrected chi connectivity index (χ4v) is 2.87. The summed E-state index contributed by atoms with van der Waals surface area (Å²) < 4.78 is 5.45. The Morgan fingerprint density at radius 1 is 1.43 bits per heavy atom. The molecule has 1 N–H and O–H groups in total. The van der Waals surface area contributed by atoms with Crippen LogP contribution in [0.15, 0.2) is 41.0 Å². The highest BCUT2D eigenvalue weighted by Gasteiger charge is 2.31. The van der Waals surface area contributed by atoms with Gasteiger partial charge in [0.1, 0.15) is 5.76 Å². The Bertz CT molecular complexity index is 640. The molecule has 0 spiro atoms. The highest BCUT2D eigenvalue weighted by Crippen LogP contribution is 2.33. The number of hydrogen-bond donors (Lipinski definition) is 1. The number of carbonyl (C=O) groups is 1. The molecule has 1 aliphatic heterocycles. The van der Waals surface area contributed by atoms with Crippen LogP contribution in [0.5, 0.6) is 0 Å². The van der Waals surface area contributed by atoms with Crippen molar-refractivity contribution < 1.29 is 9.21 Å². The first-order valence-corrected chi connectivity index (χ1v) is 7.40. The summed E-state index contributed by atoms with van der Waals surface area (Å²) in [5.41, 5.74) is 1.74. The first-order chi connectivity index (χ1) is 10.1. The van der Waals surface area contributed by atoms with Crippen molar-refractivity contribution in [2.75, 3.05) is 11.9 Å². The third-order valence-corrected chi connectivity index (χ3v) is 4.06. The van der Waals surface area contributed by atoms with Crippen LogP contribution in [0, 0.1) is 6.92 Å². The lowest BCUT2D eigenvalue weighted by atomic mass is 10.1. The first kappa shape index (κ1) is 14.0. The van der Waals surface area contributed by atoms with Crippen LogP contribution in [0.2, 0.25) is 5.02 Å². The molecule has 21 heavy (non-hydrogen) atoms. The molecule has 0 aliphatic carbocycles. The third-order valence-electron chi connectivity index (χ3n) is 3.83. The highest BCUT2D eigenvalue weighted by molar-refractivity contribution is 6.31. The number of likely N-dealkylation sites (tertiary alicyclic amines) is 1. The maximum absolute atomic E-state index is 12.5. The Labute approximate surface area is 128 Å². The van der Waals surface area contributed by atoms with Crippen LogP contribution in [0.3, 0.4) is 0 Å². The number of nitrogens with zero attached hydrogens (tertiary/aromatic N) is 1. The standard InChI is InChI=1S/C16H17ClN2O2/c1-11-6-7-12(17)10-13(11)18-16(20)19-8-2-4-14(19)15-5-3-9-21-15/h3,5-7,9-10,14H,2,4,8H2,1H3,(H,18,20).